The monoisotopic (exact) mass is 486 g/mol. The zero-order valence-electron chi connectivity index (χ0n) is 22.2. The number of hydrogen-bond acceptors (Lipinski definition) is 6. The van der Waals surface area contributed by atoms with Gasteiger partial charge in [-0.15, -0.1) is 11.3 Å². The average molecular weight is 487 g/mol. The minimum atomic E-state index is -0.355. The van der Waals surface area contributed by atoms with E-state index in [1.54, 1.807) is 12.3 Å². The highest BCUT2D eigenvalue weighted by molar-refractivity contribution is 7.09. The summed E-state index contributed by atoms with van der Waals surface area (Å²) in [7, 11) is 0. The highest BCUT2D eigenvalue weighted by atomic mass is 32.1. The van der Waals surface area contributed by atoms with Gasteiger partial charge in [0.15, 0.2) is 0 Å². The van der Waals surface area contributed by atoms with Gasteiger partial charge in [0, 0.05) is 30.9 Å². The van der Waals surface area contributed by atoms with E-state index >= 15 is 0 Å². The van der Waals surface area contributed by atoms with Crippen LogP contribution in [-0.4, -0.2) is 41.6 Å². The van der Waals surface area contributed by atoms with Crippen molar-refractivity contribution in [1.29, 1.82) is 0 Å². The molecule has 0 bridgehead atoms. The molecule has 8 heteroatoms. The molecular formula is C25H50N4O3S. The first-order valence-electron chi connectivity index (χ1n) is 11.8. The molecule has 194 valence electrons. The van der Waals surface area contributed by atoms with E-state index in [-0.39, 0.29) is 17.7 Å². The van der Waals surface area contributed by atoms with Crippen molar-refractivity contribution in [3.8, 4) is 0 Å². The molecule has 0 aliphatic carbocycles. The molecule has 1 aromatic heterocycles. The number of aliphatic hydroxyl groups is 1. The zero-order chi connectivity index (χ0) is 26.7. The van der Waals surface area contributed by atoms with E-state index in [1.165, 1.54) is 11.3 Å². The lowest BCUT2D eigenvalue weighted by atomic mass is 10.1. The smallest absolute Gasteiger partial charge is 0.270 e. The van der Waals surface area contributed by atoms with Crippen molar-refractivity contribution >= 4 is 23.2 Å². The number of thiazole rings is 1. The Bertz CT molecular complexity index is 615. The summed E-state index contributed by atoms with van der Waals surface area (Å²) in [5.74, 6) is -0.810. The number of carbonyl (C=O) groups is 2. The average Bonchev–Trinajstić information content (AvgIpc) is 3.29. The van der Waals surface area contributed by atoms with Crippen LogP contribution in [0.4, 0.5) is 0 Å². The van der Waals surface area contributed by atoms with Crippen LogP contribution in [0.1, 0.15) is 90.1 Å². The van der Waals surface area contributed by atoms with Crippen molar-refractivity contribution in [1.82, 2.24) is 10.3 Å². The normalized spacial score (nSPS) is 10.0. The predicted octanol–water partition coefficient (Wildman–Crippen LogP) is 4.86. The number of aryl methyl sites for hydroxylation is 1. The number of nitrogens with one attached hydrogen (secondary N) is 1. The number of primary amides is 1. The van der Waals surface area contributed by atoms with Crippen LogP contribution in [0.2, 0.25) is 0 Å². The SMILES string of the molecule is C=C(C)/C=C\C.CC.CC.CC(CCNC(=O)c1csc(CCCN)n1)C(N)=O.CCCO. The predicted molar refractivity (Wildman–Crippen MR) is 144 cm³/mol. The molecule has 0 aliphatic heterocycles. The first kappa shape index (κ1) is 38.2. The molecule has 0 saturated heterocycles. The van der Waals surface area contributed by atoms with Crippen LogP contribution in [-0.2, 0) is 11.2 Å². The quantitative estimate of drug-likeness (QED) is 0.351. The van der Waals surface area contributed by atoms with Gasteiger partial charge in [0.05, 0.1) is 5.01 Å². The fourth-order valence-electron chi connectivity index (χ4n) is 1.70. The van der Waals surface area contributed by atoms with Gasteiger partial charge >= 0.3 is 0 Å². The maximum atomic E-state index is 11.8. The fourth-order valence-corrected chi connectivity index (χ4v) is 2.52. The van der Waals surface area contributed by atoms with Gasteiger partial charge in [-0.2, -0.15) is 0 Å². The van der Waals surface area contributed by atoms with Crippen LogP contribution in [0, 0.1) is 5.92 Å². The second kappa shape index (κ2) is 30.0. The summed E-state index contributed by atoms with van der Waals surface area (Å²) >= 11 is 1.46. The van der Waals surface area contributed by atoms with Gasteiger partial charge < -0.3 is 21.9 Å². The molecular weight excluding hydrogens is 436 g/mol. The third-order valence-electron chi connectivity index (χ3n) is 3.40. The highest BCUT2D eigenvalue weighted by Gasteiger charge is 2.12. The molecule has 1 rings (SSSR count). The molecule has 1 unspecified atom stereocenters. The molecule has 0 aliphatic rings. The lowest BCUT2D eigenvalue weighted by Gasteiger charge is -2.07. The summed E-state index contributed by atoms with van der Waals surface area (Å²) in [4.78, 5) is 26.9. The summed E-state index contributed by atoms with van der Waals surface area (Å²) in [5.41, 5.74) is 12.1. The summed E-state index contributed by atoms with van der Waals surface area (Å²) in [6.45, 7) is 20.6. The van der Waals surface area contributed by atoms with Gasteiger partial charge in [-0.3, -0.25) is 9.59 Å². The Labute approximate surface area is 206 Å². The largest absolute Gasteiger partial charge is 0.396 e. The lowest BCUT2D eigenvalue weighted by molar-refractivity contribution is -0.121. The summed E-state index contributed by atoms with van der Waals surface area (Å²) in [6, 6.07) is 0. The number of nitrogens with zero attached hydrogens (tertiary/aromatic N) is 1. The van der Waals surface area contributed by atoms with Crippen molar-refractivity contribution in [3.05, 3.63) is 40.4 Å². The van der Waals surface area contributed by atoms with Crippen molar-refractivity contribution in [2.45, 2.75) is 81.1 Å². The van der Waals surface area contributed by atoms with Crippen LogP contribution >= 0.6 is 11.3 Å². The molecule has 0 aromatic carbocycles. The van der Waals surface area contributed by atoms with Crippen molar-refractivity contribution in [3.63, 3.8) is 0 Å². The third kappa shape index (κ3) is 27.9. The van der Waals surface area contributed by atoms with Crippen LogP contribution in [0.3, 0.4) is 0 Å². The van der Waals surface area contributed by atoms with Gasteiger partial charge in [-0.1, -0.05) is 65.8 Å². The Balaban J connectivity index is -0.000000248. The van der Waals surface area contributed by atoms with Gasteiger partial charge in [0.2, 0.25) is 5.91 Å². The fraction of sp³-hybridized carbons (Fsp3) is 0.640. The van der Waals surface area contributed by atoms with Crippen molar-refractivity contribution < 1.29 is 14.7 Å². The Hall–Kier alpha value is -2.03. The zero-order valence-corrected chi connectivity index (χ0v) is 23.1. The first-order chi connectivity index (χ1) is 15.7. The van der Waals surface area contributed by atoms with Gasteiger partial charge in [-0.25, -0.2) is 4.98 Å². The molecule has 0 radical (unpaired) electrons. The number of aliphatic hydroxyl groups excluding tert-OH is 1. The van der Waals surface area contributed by atoms with Crippen LogP contribution in [0.15, 0.2) is 29.7 Å². The molecule has 7 nitrogen and oxygen atoms in total. The molecule has 6 N–H and O–H groups in total. The van der Waals surface area contributed by atoms with Crippen LogP contribution < -0.4 is 16.8 Å². The number of allylic oxidation sites excluding steroid dienone is 3. The van der Waals surface area contributed by atoms with Gasteiger partial charge in [-0.05, 0) is 39.7 Å². The number of amides is 2. The molecule has 0 spiro atoms. The Kier molecular flexibility index (Phi) is 34.7. The first-order valence-corrected chi connectivity index (χ1v) is 12.7. The molecule has 1 atom stereocenters. The molecule has 2 amide bonds. The van der Waals surface area contributed by atoms with E-state index in [4.69, 9.17) is 16.6 Å². The molecule has 33 heavy (non-hydrogen) atoms. The van der Waals surface area contributed by atoms with E-state index in [2.05, 4.69) is 16.9 Å². The van der Waals surface area contributed by atoms with Crippen molar-refractivity contribution in [2.75, 3.05) is 19.7 Å². The summed E-state index contributed by atoms with van der Waals surface area (Å²) in [6.07, 6.45) is 7.02. The Morgan fingerprint density at radius 3 is 2.21 bits per heavy atom. The Morgan fingerprint density at radius 2 is 1.85 bits per heavy atom. The highest BCUT2D eigenvalue weighted by Crippen LogP contribution is 2.11. The topological polar surface area (TPSA) is 131 Å². The minimum Gasteiger partial charge on any atom is -0.396 e. The lowest BCUT2D eigenvalue weighted by Crippen LogP contribution is -2.29. The number of rotatable bonds is 10. The number of nitrogens with two attached hydrogens (primary N) is 2. The van der Waals surface area contributed by atoms with E-state index in [9.17, 15) is 9.59 Å². The van der Waals surface area contributed by atoms with Crippen LogP contribution in [0.5, 0.6) is 0 Å². The number of aromatic nitrogens is 1. The summed E-state index contributed by atoms with van der Waals surface area (Å²) in [5, 5.41) is 13.3. The number of hydrogen-bond donors (Lipinski definition) is 4. The minimum absolute atomic E-state index is 0.216. The van der Waals surface area contributed by atoms with E-state index < -0.39 is 0 Å². The molecule has 1 aromatic rings. The van der Waals surface area contributed by atoms with Gasteiger partial charge in [0.1, 0.15) is 5.69 Å². The molecule has 1 heterocycles. The van der Waals surface area contributed by atoms with E-state index in [0.717, 1.165) is 29.8 Å². The standard InChI is InChI=1S/C12H20N4O2S.C6H10.C3H8O.2C2H6/c1-8(11(14)17)4-6-15-12(18)9-7-19-10(16-9)3-2-5-13;1-4-5-6(2)3;1-2-3-4;2*1-2/h7-8H,2-6,13H2,1H3,(H2,14,17)(H,15,18);4-5H,2H2,1,3H3;4H,2-3H2,1H3;2*1-2H3/b;5-4-;;;. The van der Waals surface area contributed by atoms with Crippen molar-refractivity contribution in [2.24, 2.45) is 17.4 Å². The second-order valence-electron chi connectivity index (χ2n) is 6.44. The van der Waals surface area contributed by atoms with E-state index in [1.807, 2.05) is 60.6 Å². The molecule has 0 fully saturated rings. The third-order valence-corrected chi connectivity index (χ3v) is 4.31. The maximum absolute atomic E-state index is 11.8. The number of carbonyl (C=O) groups excluding carboxylic acids is 2. The van der Waals surface area contributed by atoms with E-state index in [0.29, 0.717) is 31.8 Å². The second-order valence-corrected chi connectivity index (χ2v) is 7.38. The van der Waals surface area contributed by atoms with Crippen LogP contribution in [0.25, 0.3) is 0 Å². The maximum Gasteiger partial charge on any atom is 0.270 e. The Morgan fingerprint density at radius 1 is 1.30 bits per heavy atom. The summed E-state index contributed by atoms with van der Waals surface area (Å²) < 4.78 is 0. The molecule has 0 saturated carbocycles. The van der Waals surface area contributed by atoms with Gasteiger partial charge in [0.25, 0.3) is 5.91 Å².